The number of benzene rings is 1. The fourth-order valence-electron chi connectivity index (χ4n) is 1.26. The van der Waals surface area contributed by atoms with E-state index in [1.807, 2.05) is 0 Å². The Kier molecular flexibility index (Phi) is 2.92. The molecule has 0 amide bonds. The Balaban J connectivity index is 2.96. The maximum absolute atomic E-state index is 3.54. The molecule has 0 heterocycles. The van der Waals surface area contributed by atoms with Crippen molar-refractivity contribution >= 4 is 14.6 Å². The van der Waals surface area contributed by atoms with E-state index in [2.05, 4.69) is 50.1 Å². The summed E-state index contributed by atoms with van der Waals surface area (Å²) < 4.78 is 0. The normalized spacial score (nSPS) is 10.4. The Hall–Kier alpha value is -0.763. The highest BCUT2D eigenvalue weighted by Gasteiger charge is 2.02. The summed E-state index contributed by atoms with van der Waals surface area (Å²) in [7, 11) is -0.381. The van der Waals surface area contributed by atoms with Gasteiger partial charge in [-0.3, -0.25) is 0 Å². The Morgan fingerprint density at radius 3 is 2.00 bits per heavy atom. The molecule has 0 saturated heterocycles. The second-order valence-electron chi connectivity index (χ2n) is 3.39. The summed E-state index contributed by atoms with van der Waals surface area (Å²) in [6.07, 6.45) is 0. The summed E-state index contributed by atoms with van der Waals surface area (Å²) >= 11 is 0. The van der Waals surface area contributed by atoms with Gasteiger partial charge in [-0.2, -0.15) is 0 Å². The fraction of sp³-hybridized carbons (Fsp3) is 0.400. The van der Waals surface area contributed by atoms with Crippen molar-refractivity contribution in [3.63, 3.8) is 0 Å². The van der Waals surface area contributed by atoms with Gasteiger partial charge in [0.25, 0.3) is 0 Å². The van der Waals surface area contributed by atoms with Crippen molar-refractivity contribution in [1.29, 1.82) is 0 Å². The van der Waals surface area contributed by atoms with Gasteiger partial charge in [0.2, 0.25) is 0 Å². The van der Waals surface area contributed by atoms with Crippen LogP contribution in [0.4, 0.5) is 5.69 Å². The summed E-state index contributed by atoms with van der Waals surface area (Å²) in [6.45, 7) is 8.83. The third-order valence-corrected chi connectivity index (χ3v) is 2.61. The van der Waals surface area contributed by atoms with Gasteiger partial charge >= 0.3 is 0 Å². The summed E-state index contributed by atoms with van der Waals surface area (Å²) in [5.41, 5.74) is 4.03. The van der Waals surface area contributed by atoms with Crippen molar-refractivity contribution in [2.75, 3.05) is 4.98 Å². The van der Waals surface area contributed by atoms with E-state index >= 15 is 0 Å². The highest BCUT2D eigenvalue weighted by atomic mass is 28.3. The van der Waals surface area contributed by atoms with Crippen LogP contribution in [0.3, 0.4) is 0 Å². The van der Waals surface area contributed by atoms with Crippen LogP contribution in [-0.4, -0.2) is 8.96 Å². The molecule has 0 fully saturated rings. The van der Waals surface area contributed by atoms with Crippen LogP contribution >= 0.6 is 0 Å². The molecule has 1 nitrogen and oxygen atoms in total. The molecule has 0 aliphatic rings. The minimum atomic E-state index is -0.381. The smallest absolute Gasteiger partial charge is 0.159 e. The van der Waals surface area contributed by atoms with E-state index in [0.29, 0.717) is 0 Å². The summed E-state index contributed by atoms with van der Waals surface area (Å²) in [4.78, 5) is 3.54. The lowest BCUT2D eigenvalue weighted by molar-refractivity contribution is 1.38. The van der Waals surface area contributed by atoms with Gasteiger partial charge < -0.3 is 4.98 Å². The van der Waals surface area contributed by atoms with Crippen molar-refractivity contribution in [1.82, 2.24) is 0 Å². The molecule has 12 heavy (non-hydrogen) atoms. The maximum atomic E-state index is 3.54. The zero-order chi connectivity index (χ0) is 9.14. The fourth-order valence-corrected chi connectivity index (χ4v) is 2.16. The highest BCUT2D eigenvalue weighted by molar-refractivity contribution is 6.59. The first-order valence-electron chi connectivity index (χ1n) is 4.24. The van der Waals surface area contributed by atoms with E-state index in [1.165, 1.54) is 16.8 Å². The van der Waals surface area contributed by atoms with Crippen LogP contribution in [0.5, 0.6) is 0 Å². The van der Waals surface area contributed by atoms with Crippen LogP contribution < -0.4 is 4.98 Å². The van der Waals surface area contributed by atoms with E-state index in [4.69, 9.17) is 0 Å². The quantitative estimate of drug-likeness (QED) is 0.687. The first-order valence-corrected chi connectivity index (χ1v) is 6.74. The van der Waals surface area contributed by atoms with E-state index in [0.717, 1.165) is 0 Å². The van der Waals surface area contributed by atoms with E-state index in [9.17, 15) is 0 Å². The SMILES string of the molecule is Cc1cccc(C)c1N[Si](C)C. The zero-order valence-corrected chi connectivity index (χ0v) is 9.23. The second-order valence-corrected chi connectivity index (χ2v) is 5.64. The van der Waals surface area contributed by atoms with Gasteiger partial charge in [-0.15, -0.1) is 0 Å². The molecule has 0 saturated carbocycles. The number of anilines is 1. The first-order chi connectivity index (χ1) is 5.61. The molecule has 0 unspecified atom stereocenters. The number of para-hydroxylation sites is 1. The topological polar surface area (TPSA) is 12.0 Å². The van der Waals surface area contributed by atoms with Crippen LogP contribution in [0.2, 0.25) is 13.1 Å². The minimum absolute atomic E-state index is 0.381. The largest absolute Gasteiger partial charge is 0.411 e. The van der Waals surface area contributed by atoms with Crippen molar-refractivity contribution in [2.45, 2.75) is 26.9 Å². The molecule has 1 N–H and O–H groups in total. The standard InChI is InChI=1S/C10H16NSi/c1-8-6-5-7-9(2)10(8)11-12(3)4/h5-7,11H,1-4H3. The molecule has 65 valence electrons. The van der Waals surface area contributed by atoms with Gasteiger partial charge in [0.05, 0.1) is 0 Å². The van der Waals surface area contributed by atoms with Gasteiger partial charge in [-0.25, -0.2) is 0 Å². The zero-order valence-electron chi connectivity index (χ0n) is 8.23. The third-order valence-electron chi connectivity index (χ3n) is 1.86. The molecular weight excluding hydrogens is 162 g/mol. The van der Waals surface area contributed by atoms with Crippen molar-refractivity contribution in [2.24, 2.45) is 0 Å². The van der Waals surface area contributed by atoms with Crippen molar-refractivity contribution < 1.29 is 0 Å². The molecule has 0 aliphatic heterocycles. The van der Waals surface area contributed by atoms with Crippen LogP contribution in [0, 0.1) is 13.8 Å². The van der Waals surface area contributed by atoms with Crippen LogP contribution in [0.1, 0.15) is 11.1 Å². The van der Waals surface area contributed by atoms with E-state index in [-0.39, 0.29) is 8.96 Å². The monoisotopic (exact) mass is 178 g/mol. The van der Waals surface area contributed by atoms with Gasteiger partial charge in [0, 0.05) is 5.69 Å². The molecule has 0 atom stereocenters. The lowest BCUT2D eigenvalue weighted by Gasteiger charge is -2.13. The highest BCUT2D eigenvalue weighted by Crippen LogP contribution is 2.19. The Morgan fingerprint density at radius 1 is 1.08 bits per heavy atom. The maximum Gasteiger partial charge on any atom is 0.159 e. The number of rotatable bonds is 2. The van der Waals surface area contributed by atoms with Crippen LogP contribution in [0.15, 0.2) is 18.2 Å². The van der Waals surface area contributed by atoms with Gasteiger partial charge in [0.1, 0.15) is 0 Å². The Morgan fingerprint density at radius 2 is 1.58 bits per heavy atom. The molecule has 0 aromatic heterocycles. The number of hydrogen-bond donors (Lipinski definition) is 1. The molecule has 1 radical (unpaired) electrons. The number of hydrogen-bond acceptors (Lipinski definition) is 1. The predicted molar refractivity (Wildman–Crippen MR) is 57.0 cm³/mol. The van der Waals surface area contributed by atoms with Gasteiger partial charge in [0.15, 0.2) is 8.96 Å². The van der Waals surface area contributed by atoms with Gasteiger partial charge in [-0.1, -0.05) is 31.3 Å². The van der Waals surface area contributed by atoms with Gasteiger partial charge in [-0.05, 0) is 25.0 Å². The molecule has 2 heteroatoms. The molecule has 1 aromatic carbocycles. The summed E-state index contributed by atoms with van der Waals surface area (Å²) in [6, 6.07) is 6.41. The second kappa shape index (κ2) is 3.76. The Labute approximate surface area is 76.5 Å². The predicted octanol–water partition coefficient (Wildman–Crippen LogP) is 2.97. The van der Waals surface area contributed by atoms with E-state index < -0.39 is 0 Å². The van der Waals surface area contributed by atoms with Crippen LogP contribution in [0.25, 0.3) is 0 Å². The van der Waals surface area contributed by atoms with Crippen molar-refractivity contribution in [3.8, 4) is 0 Å². The molecular formula is C10H16NSi. The number of nitrogens with one attached hydrogen (secondary N) is 1. The Bertz CT molecular complexity index is 248. The van der Waals surface area contributed by atoms with Crippen molar-refractivity contribution in [3.05, 3.63) is 29.3 Å². The summed E-state index contributed by atoms with van der Waals surface area (Å²) in [5.74, 6) is 0. The molecule has 1 rings (SSSR count). The molecule has 1 aromatic rings. The molecule has 0 bridgehead atoms. The number of aryl methyl sites for hydroxylation is 2. The lowest BCUT2D eigenvalue weighted by atomic mass is 10.1. The lowest BCUT2D eigenvalue weighted by Crippen LogP contribution is -2.16. The minimum Gasteiger partial charge on any atom is -0.411 e. The van der Waals surface area contributed by atoms with E-state index in [1.54, 1.807) is 0 Å². The molecule has 0 spiro atoms. The first kappa shape index (κ1) is 9.33. The average molecular weight is 178 g/mol. The summed E-state index contributed by atoms with van der Waals surface area (Å²) in [5, 5.41) is 0. The molecule has 0 aliphatic carbocycles. The third kappa shape index (κ3) is 2.11. The average Bonchev–Trinajstić information content (AvgIpc) is 1.97. The van der Waals surface area contributed by atoms with Crippen LogP contribution in [-0.2, 0) is 0 Å².